The van der Waals surface area contributed by atoms with E-state index in [1.807, 2.05) is 18.2 Å². The summed E-state index contributed by atoms with van der Waals surface area (Å²) in [6.07, 6.45) is -7.00. The number of aliphatic hydroxyl groups excluding tert-OH is 4. The molecule has 0 radical (unpaired) electrons. The van der Waals surface area contributed by atoms with Gasteiger partial charge in [-0.3, -0.25) is 0 Å². The summed E-state index contributed by atoms with van der Waals surface area (Å²) in [6.45, 7) is 2.61. The molecule has 40 heavy (non-hydrogen) atoms. The average Bonchev–Trinajstić information content (AvgIpc) is 3.44. The molecule has 13 heteroatoms. The maximum Gasteiger partial charge on any atom is 0.250 e. The van der Waals surface area contributed by atoms with Crippen LogP contribution >= 0.6 is 11.3 Å². The van der Waals surface area contributed by atoms with Crippen molar-refractivity contribution in [2.75, 3.05) is 37.7 Å². The van der Waals surface area contributed by atoms with E-state index < -0.39 is 52.2 Å². The van der Waals surface area contributed by atoms with Gasteiger partial charge in [-0.25, -0.2) is 13.1 Å². The molecule has 2 aromatic carbocycles. The second kappa shape index (κ2) is 11.9. The lowest BCUT2D eigenvalue weighted by Gasteiger charge is -2.38. The third-order valence-corrected chi connectivity index (χ3v) is 9.36. The van der Waals surface area contributed by atoms with Crippen LogP contribution in [-0.2, 0) is 19.5 Å². The summed E-state index contributed by atoms with van der Waals surface area (Å²) in [7, 11) is -4.31. The number of benzene rings is 2. The summed E-state index contributed by atoms with van der Waals surface area (Å²) in [5, 5.41) is 50.8. The number of thiophene rings is 1. The SMILES string of the molecule is N#C/C(=C\c1ccc(-c2ccc3cc(N4CCOCC4)ccc3c2)s1)S(=O)(=O)NCC1OC(O)[C@H](O)[C@@H](O)[C@@H]1O. The number of hydrogen-bond donors (Lipinski definition) is 5. The fourth-order valence-corrected chi connectivity index (χ4v) is 6.62. The van der Waals surface area contributed by atoms with Crippen LogP contribution in [0.25, 0.3) is 27.3 Å². The first-order chi connectivity index (χ1) is 19.2. The van der Waals surface area contributed by atoms with Crippen LogP contribution in [0.2, 0.25) is 0 Å². The molecule has 0 bridgehead atoms. The van der Waals surface area contributed by atoms with E-state index in [0.29, 0.717) is 18.1 Å². The maximum absolute atomic E-state index is 12.8. The minimum absolute atomic E-state index is 0.538. The molecule has 2 aliphatic heterocycles. The zero-order chi connectivity index (χ0) is 28.4. The van der Waals surface area contributed by atoms with Gasteiger partial charge in [0.05, 0.1) is 13.2 Å². The Morgan fingerprint density at radius 1 is 1.02 bits per heavy atom. The number of fused-ring (bicyclic) bond motifs is 1. The van der Waals surface area contributed by atoms with E-state index in [2.05, 4.69) is 33.9 Å². The number of anilines is 1. The molecular weight excluding hydrogens is 558 g/mol. The van der Waals surface area contributed by atoms with Gasteiger partial charge in [0.15, 0.2) is 11.2 Å². The molecule has 3 aromatic rings. The quantitative estimate of drug-likeness (QED) is 0.251. The Bertz CT molecular complexity index is 1540. The van der Waals surface area contributed by atoms with E-state index in [-0.39, 0.29) is 0 Å². The van der Waals surface area contributed by atoms with Crippen molar-refractivity contribution in [2.24, 2.45) is 0 Å². The molecule has 5 atom stereocenters. The summed E-state index contributed by atoms with van der Waals surface area (Å²) in [5.41, 5.74) is 2.11. The minimum Gasteiger partial charge on any atom is -0.388 e. The number of aliphatic hydroxyl groups is 4. The lowest BCUT2D eigenvalue weighted by atomic mass is 9.99. The molecule has 5 rings (SSSR count). The molecule has 0 spiro atoms. The summed E-state index contributed by atoms with van der Waals surface area (Å²) < 4.78 is 38.2. The molecule has 2 saturated heterocycles. The predicted octanol–water partition coefficient (Wildman–Crippen LogP) is 0.989. The van der Waals surface area contributed by atoms with Gasteiger partial charge in [0.2, 0.25) is 0 Å². The highest BCUT2D eigenvalue weighted by Gasteiger charge is 2.43. The monoisotopic (exact) mass is 587 g/mol. The van der Waals surface area contributed by atoms with E-state index in [9.17, 15) is 34.1 Å². The fourth-order valence-electron chi connectivity index (χ4n) is 4.66. The number of sulfonamides is 1. The highest BCUT2D eigenvalue weighted by Crippen LogP contribution is 2.33. The summed E-state index contributed by atoms with van der Waals surface area (Å²) >= 11 is 1.33. The molecule has 0 aliphatic carbocycles. The first-order valence-electron chi connectivity index (χ1n) is 12.6. The Morgan fingerprint density at radius 3 is 2.50 bits per heavy atom. The zero-order valence-corrected chi connectivity index (χ0v) is 22.9. The predicted molar refractivity (Wildman–Crippen MR) is 150 cm³/mol. The maximum atomic E-state index is 12.8. The van der Waals surface area contributed by atoms with Gasteiger partial charge in [0.1, 0.15) is 30.5 Å². The van der Waals surface area contributed by atoms with Crippen molar-refractivity contribution >= 4 is 43.9 Å². The molecule has 5 N–H and O–H groups in total. The highest BCUT2D eigenvalue weighted by molar-refractivity contribution is 7.93. The van der Waals surface area contributed by atoms with E-state index in [0.717, 1.165) is 40.0 Å². The van der Waals surface area contributed by atoms with Crippen LogP contribution in [0, 0.1) is 11.3 Å². The van der Waals surface area contributed by atoms with Crippen LogP contribution in [0.15, 0.2) is 53.4 Å². The lowest BCUT2D eigenvalue weighted by Crippen LogP contribution is -2.59. The Kier molecular flexibility index (Phi) is 8.52. The van der Waals surface area contributed by atoms with E-state index in [1.54, 1.807) is 12.1 Å². The van der Waals surface area contributed by atoms with Gasteiger partial charge in [-0.1, -0.05) is 18.2 Å². The van der Waals surface area contributed by atoms with Crippen LogP contribution in [0.4, 0.5) is 5.69 Å². The second-order valence-electron chi connectivity index (χ2n) is 9.56. The number of nitrogens with zero attached hydrogens (tertiary/aromatic N) is 2. The van der Waals surface area contributed by atoms with Crippen LogP contribution in [0.5, 0.6) is 0 Å². The smallest absolute Gasteiger partial charge is 0.250 e. The lowest BCUT2D eigenvalue weighted by molar-refractivity contribution is -0.279. The Morgan fingerprint density at radius 2 is 1.75 bits per heavy atom. The highest BCUT2D eigenvalue weighted by atomic mass is 32.2. The van der Waals surface area contributed by atoms with Crippen LogP contribution in [0.3, 0.4) is 0 Å². The Balaban J connectivity index is 1.29. The largest absolute Gasteiger partial charge is 0.388 e. The van der Waals surface area contributed by atoms with Gasteiger partial charge < -0.3 is 34.8 Å². The summed E-state index contributed by atoms with van der Waals surface area (Å²) in [4.78, 5) is 3.18. The van der Waals surface area contributed by atoms with Crippen molar-refractivity contribution in [3.05, 3.63) is 58.3 Å². The first kappa shape index (κ1) is 28.6. The number of rotatable bonds is 7. The van der Waals surface area contributed by atoms with Crippen LogP contribution in [-0.4, -0.2) is 92.4 Å². The van der Waals surface area contributed by atoms with Gasteiger partial charge >= 0.3 is 0 Å². The van der Waals surface area contributed by atoms with Crippen molar-refractivity contribution in [1.29, 1.82) is 5.26 Å². The minimum atomic E-state index is -4.31. The molecule has 2 unspecified atom stereocenters. The van der Waals surface area contributed by atoms with Gasteiger partial charge in [0, 0.05) is 35.1 Å². The van der Waals surface area contributed by atoms with E-state index >= 15 is 0 Å². The van der Waals surface area contributed by atoms with Crippen molar-refractivity contribution in [2.45, 2.75) is 30.7 Å². The molecular formula is C27H29N3O8S2. The average molecular weight is 588 g/mol. The molecule has 0 amide bonds. The third kappa shape index (κ3) is 6.06. The molecule has 2 aliphatic rings. The van der Waals surface area contributed by atoms with Crippen LogP contribution in [0.1, 0.15) is 4.88 Å². The molecule has 212 valence electrons. The van der Waals surface area contributed by atoms with Gasteiger partial charge in [0.25, 0.3) is 10.0 Å². The number of ether oxygens (including phenoxy) is 2. The van der Waals surface area contributed by atoms with Gasteiger partial charge in [-0.2, -0.15) is 5.26 Å². The summed E-state index contributed by atoms with van der Waals surface area (Å²) in [5.74, 6) is 0. The molecule has 2 fully saturated rings. The number of morpholine rings is 1. The Labute approximate surface area is 235 Å². The van der Waals surface area contributed by atoms with Crippen molar-refractivity contribution in [1.82, 2.24) is 4.72 Å². The van der Waals surface area contributed by atoms with E-state index in [1.165, 1.54) is 17.4 Å². The first-order valence-corrected chi connectivity index (χ1v) is 14.9. The number of nitrogens with one attached hydrogen (secondary N) is 1. The van der Waals surface area contributed by atoms with Crippen molar-refractivity contribution in [3.63, 3.8) is 0 Å². The summed E-state index contributed by atoms with van der Waals surface area (Å²) in [6, 6.07) is 17.7. The normalized spacial score (nSPS) is 26.1. The molecule has 11 nitrogen and oxygen atoms in total. The van der Waals surface area contributed by atoms with Crippen molar-refractivity contribution < 1.29 is 38.3 Å². The topological polar surface area (TPSA) is 173 Å². The fraction of sp³-hybridized carbons (Fsp3) is 0.370. The van der Waals surface area contributed by atoms with Crippen LogP contribution < -0.4 is 9.62 Å². The van der Waals surface area contributed by atoms with Gasteiger partial charge in [-0.05, 0) is 52.7 Å². The molecule has 0 saturated carbocycles. The second-order valence-corrected chi connectivity index (χ2v) is 12.4. The van der Waals surface area contributed by atoms with Gasteiger partial charge in [-0.15, -0.1) is 11.3 Å². The Hall–Kier alpha value is -2.90. The number of nitriles is 1. The number of hydrogen-bond acceptors (Lipinski definition) is 11. The zero-order valence-electron chi connectivity index (χ0n) is 21.3. The number of allylic oxidation sites excluding steroid dienone is 1. The molecule has 1 aromatic heterocycles. The standard InChI is InChI=1S/C27H29N3O8S2/c28-14-21(40(35,36)29-15-22-24(31)25(32)26(33)27(34)38-22)13-20-5-6-23(39-20)18-2-1-17-12-19(4-3-16(17)11-18)30-7-9-37-10-8-30/h1-6,11-13,22,24-27,29,31-34H,7-10,15H2/b21-13+/t22?,24-,25+,26-,27?/m1/s1. The van der Waals surface area contributed by atoms with Crippen molar-refractivity contribution in [3.8, 4) is 16.5 Å². The van der Waals surface area contributed by atoms with E-state index in [4.69, 9.17) is 9.47 Å². The molecule has 3 heterocycles. The third-order valence-electron chi connectivity index (χ3n) is 6.95.